The van der Waals surface area contributed by atoms with Gasteiger partial charge in [0.05, 0.1) is 5.69 Å². The number of anilines is 1. The summed E-state index contributed by atoms with van der Waals surface area (Å²) in [5.41, 5.74) is 6.23. The van der Waals surface area contributed by atoms with Crippen molar-refractivity contribution in [2.75, 3.05) is 5.73 Å². The number of thiazole rings is 1. The predicted octanol–water partition coefficient (Wildman–Crippen LogP) is 2.24. The molecule has 1 heterocycles. The summed E-state index contributed by atoms with van der Waals surface area (Å²) in [6, 6.07) is 3.21. The number of nitrogens with zero attached hydrogens (tertiary/aromatic N) is 1. The summed E-state index contributed by atoms with van der Waals surface area (Å²) in [6.07, 6.45) is 0. The number of rotatable bonds is 3. The molecule has 7 heteroatoms. The molecule has 2 aromatic rings. The van der Waals surface area contributed by atoms with Crippen molar-refractivity contribution in [3.05, 3.63) is 46.0 Å². The molecule has 0 aliphatic rings. The van der Waals surface area contributed by atoms with E-state index in [0.29, 0.717) is 15.7 Å². The maximum Gasteiger partial charge on any atom is 0.263 e. The first-order valence-corrected chi connectivity index (χ1v) is 6.24. The first-order valence-electron chi connectivity index (χ1n) is 5.42. The molecule has 100 valence electrons. The zero-order valence-electron chi connectivity index (χ0n) is 10.0. The Bertz CT molecular complexity index is 627. The number of nitrogen functional groups attached to an aromatic ring is 1. The summed E-state index contributed by atoms with van der Waals surface area (Å²) in [6.45, 7) is 1.64. The van der Waals surface area contributed by atoms with E-state index in [4.69, 9.17) is 5.73 Å². The lowest BCUT2D eigenvalue weighted by molar-refractivity contribution is 0.0954. The average molecular weight is 283 g/mol. The monoisotopic (exact) mass is 283 g/mol. The first-order chi connectivity index (χ1) is 8.97. The van der Waals surface area contributed by atoms with Crippen molar-refractivity contribution in [1.82, 2.24) is 10.3 Å². The van der Waals surface area contributed by atoms with Gasteiger partial charge in [-0.25, -0.2) is 13.8 Å². The summed E-state index contributed by atoms with van der Waals surface area (Å²) in [7, 11) is 0. The third-order valence-electron chi connectivity index (χ3n) is 2.47. The molecule has 0 spiro atoms. The zero-order chi connectivity index (χ0) is 14.0. The highest BCUT2D eigenvalue weighted by Crippen LogP contribution is 2.19. The van der Waals surface area contributed by atoms with Crippen LogP contribution >= 0.6 is 11.3 Å². The van der Waals surface area contributed by atoms with E-state index >= 15 is 0 Å². The molecule has 0 bridgehead atoms. The summed E-state index contributed by atoms with van der Waals surface area (Å²) in [5.74, 6) is -1.73. The van der Waals surface area contributed by atoms with Crippen LogP contribution in [0.25, 0.3) is 0 Å². The van der Waals surface area contributed by atoms with Gasteiger partial charge in [-0.3, -0.25) is 4.79 Å². The fraction of sp³-hybridized carbons (Fsp3) is 0.167. The maximum absolute atomic E-state index is 13.4. The van der Waals surface area contributed by atoms with Gasteiger partial charge in [-0.05, 0) is 13.0 Å². The van der Waals surface area contributed by atoms with E-state index in [2.05, 4.69) is 10.3 Å². The number of aromatic nitrogens is 1. The van der Waals surface area contributed by atoms with Crippen molar-refractivity contribution in [2.24, 2.45) is 0 Å². The highest BCUT2D eigenvalue weighted by molar-refractivity contribution is 7.17. The molecule has 0 aliphatic heterocycles. The van der Waals surface area contributed by atoms with Gasteiger partial charge in [0.2, 0.25) is 0 Å². The Hall–Kier alpha value is -2.02. The quantitative estimate of drug-likeness (QED) is 0.907. The van der Waals surface area contributed by atoms with Crippen LogP contribution in [-0.4, -0.2) is 10.9 Å². The number of benzene rings is 1. The molecule has 0 fully saturated rings. The molecule has 2 rings (SSSR count). The Morgan fingerprint density at radius 1 is 1.47 bits per heavy atom. The highest BCUT2D eigenvalue weighted by atomic mass is 32.1. The van der Waals surface area contributed by atoms with Gasteiger partial charge in [0.25, 0.3) is 5.91 Å². The second-order valence-electron chi connectivity index (χ2n) is 3.89. The van der Waals surface area contributed by atoms with Crippen molar-refractivity contribution in [3.8, 4) is 0 Å². The number of carbonyl (C=O) groups excluding carboxylic acids is 1. The van der Waals surface area contributed by atoms with E-state index in [-0.39, 0.29) is 18.0 Å². The van der Waals surface area contributed by atoms with Crippen LogP contribution in [0.1, 0.15) is 20.9 Å². The van der Waals surface area contributed by atoms with Crippen LogP contribution in [0.5, 0.6) is 0 Å². The summed E-state index contributed by atoms with van der Waals surface area (Å²) in [5, 5.41) is 2.84. The lowest BCUT2D eigenvalue weighted by Gasteiger charge is -2.05. The van der Waals surface area contributed by atoms with Crippen LogP contribution in [0.3, 0.4) is 0 Å². The van der Waals surface area contributed by atoms with Crippen LogP contribution < -0.4 is 11.1 Å². The van der Waals surface area contributed by atoms with E-state index in [1.165, 1.54) is 6.07 Å². The van der Waals surface area contributed by atoms with Crippen molar-refractivity contribution >= 4 is 22.4 Å². The van der Waals surface area contributed by atoms with Gasteiger partial charge in [-0.2, -0.15) is 0 Å². The second-order valence-corrected chi connectivity index (χ2v) is 4.92. The van der Waals surface area contributed by atoms with E-state index in [0.717, 1.165) is 23.5 Å². The first kappa shape index (κ1) is 13.4. The zero-order valence-corrected chi connectivity index (χ0v) is 10.9. The van der Waals surface area contributed by atoms with E-state index in [1.807, 2.05) is 0 Å². The molecular weight excluding hydrogens is 272 g/mol. The fourth-order valence-corrected chi connectivity index (χ4v) is 2.30. The second kappa shape index (κ2) is 5.31. The molecule has 0 unspecified atom stereocenters. The third-order valence-corrected chi connectivity index (χ3v) is 3.46. The summed E-state index contributed by atoms with van der Waals surface area (Å²) >= 11 is 1.07. The van der Waals surface area contributed by atoms with Gasteiger partial charge in [-0.1, -0.05) is 17.4 Å². The molecule has 1 amide bonds. The molecule has 0 atom stereocenters. The molecule has 19 heavy (non-hydrogen) atoms. The topological polar surface area (TPSA) is 68.0 Å². The van der Waals surface area contributed by atoms with Crippen LogP contribution in [-0.2, 0) is 6.54 Å². The normalized spacial score (nSPS) is 10.5. The predicted molar refractivity (Wildman–Crippen MR) is 68.8 cm³/mol. The molecule has 4 nitrogen and oxygen atoms in total. The van der Waals surface area contributed by atoms with Crippen molar-refractivity contribution in [3.63, 3.8) is 0 Å². The number of aryl methyl sites for hydroxylation is 1. The van der Waals surface area contributed by atoms with Crippen LogP contribution in [0, 0.1) is 18.6 Å². The maximum atomic E-state index is 13.4. The lowest BCUT2D eigenvalue weighted by Crippen LogP contribution is -2.23. The molecule has 0 radical (unpaired) electrons. The molecule has 3 N–H and O–H groups in total. The number of carbonyl (C=O) groups is 1. The number of hydrogen-bond donors (Lipinski definition) is 2. The van der Waals surface area contributed by atoms with Crippen molar-refractivity contribution < 1.29 is 13.6 Å². The SMILES string of the molecule is Cc1nc(N)sc1C(=O)NCc1ccc(F)cc1F. The van der Waals surface area contributed by atoms with Crippen molar-refractivity contribution in [2.45, 2.75) is 13.5 Å². The molecule has 1 aromatic carbocycles. The minimum atomic E-state index is -0.694. The standard InChI is InChI=1S/C12H11F2N3OS/c1-6-10(19-12(15)17-6)11(18)16-5-7-2-3-8(13)4-9(7)14/h2-4H,5H2,1H3,(H2,15,17)(H,16,18). The Morgan fingerprint density at radius 3 is 2.79 bits per heavy atom. The number of amides is 1. The fourth-order valence-electron chi connectivity index (χ4n) is 1.55. The summed E-state index contributed by atoms with van der Waals surface area (Å²) in [4.78, 5) is 16.2. The number of nitrogens with one attached hydrogen (secondary N) is 1. The van der Waals surface area contributed by atoms with Crippen LogP contribution in [0.2, 0.25) is 0 Å². The number of hydrogen-bond acceptors (Lipinski definition) is 4. The largest absolute Gasteiger partial charge is 0.375 e. The Labute approximate surface area is 112 Å². The van der Waals surface area contributed by atoms with Crippen molar-refractivity contribution in [1.29, 1.82) is 0 Å². The Kier molecular flexibility index (Phi) is 3.75. The average Bonchev–Trinajstić information content (AvgIpc) is 2.67. The minimum absolute atomic E-state index is 0.0256. The Morgan fingerprint density at radius 2 is 2.21 bits per heavy atom. The van der Waals surface area contributed by atoms with E-state index in [1.54, 1.807) is 6.92 Å². The third kappa shape index (κ3) is 3.05. The van der Waals surface area contributed by atoms with Gasteiger partial charge in [0.15, 0.2) is 5.13 Å². The van der Waals surface area contributed by atoms with Crippen LogP contribution in [0.4, 0.5) is 13.9 Å². The molecule has 0 saturated heterocycles. The highest BCUT2D eigenvalue weighted by Gasteiger charge is 2.14. The van der Waals surface area contributed by atoms with E-state index in [9.17, 15) is 13.6 Å². The van der Waals surface area contributed by atoms with Gasteiger partial charge in [0, 0.05) is 18.2 Å². The number of nitrogens with two attached hydrogens (primary N) is 1. The smallest absolute Gasteiger partial charge is 0.263 e. The minimum Gasteiger partial charge on any atom is -0.375 e. The van der Waals surface area contributed by atoms with Crippen LogP contribution in [0.15, 0.2) is 18.2 Å². The van der Waals surface area contributed by atoms with Gasteiger partial charge < -0.3 is 11.1 Å². The molecule has 0 aliphatic carbocycles. The van der Waals surface area contributed by atoms with E-state index < -0.39 is 11.6 Å². The Balaban J connectivity index is 2.06. The van der Waals surface area contributed by atoms with Gasteiger partial charge in [-0.15, -0.1) is 0 Å². The molecule has 1 aromatic heterocycles. The van der Waals surface area contributed by atoms with Gasteiger partial charge >= 0.3 is 0 Å². The molecule has 0 saturated carbocycles. The van der Waals surface area contributed by atoms with Gasteiger partial charge in [0.1, 0.15) is 16.5 Å². The summed E-state index contributed by atoms with van der Waals surface area (Å²) < 4.78 is 26.1. The molecular formula is C12H11F2N3OS. The lowest BCUT2D eigenvalue weighted by atomic mass is 10.2. The number of halogens is 2.